The van der Waals surface area contributed by atoms with Gasteiger partial charge < -0.3 is 20.6 Å². The number of anilines is 1. The van der Waals surface area contributed by atoms with E-state index >= 15 is 0 Å². The summed E-state index contributed by atoms with van der Waals surface area (Å²) in [6.45, 7) is 2.16. The van der Waals surface area contributed by atoms with Crippen LogP contribution in [0, 0.1) is 0 Å². The Bertz CT molecular complexity index is 466. The van der Waals surface area contributed by atoms with E-state index in [-0.39, 0.29) is 5.84 Å². The minimum atomic E-state index is 0.103. The lowest BCUT2D eigenvalue weighted by Crippen LogP contribution is -2.31. The second-order valence-electron chi connectivity index (χ2n) is 4.61. The van der Waals surface area contributed by atoms with Gasteiger partial charge in [0.15, 0.2) is 5.84 Å². The first-order chi connectivity index (χ1) is 9.54. The molecule has 0 saturated carbocycles. The highest BCUT2D eigenvalue weighted by molar-refractivity contribution is 7.98. The first-order valence-electron chi connectivity index (χ1n) is 6.42. The van der Waals surface area contributed by atoms with Gasteiger partial charge in [-0.3, -0.25) is 0 Å². The topological polar surface area (TPSA) is 71.1 Å². The zero-order valence-corrected chi connectivity index (χ0v) is 13.3. The minimum Gasteiger partial charge on any atom is -0.497 e. The number of benzene rings is 1. The van der Waals surface area contributed by atoms with Gasteiger partial charge in [0, 0.05) is 24.7 Å². The Morgan fingerprint density at radius 2 is 2.25 bits per heavy atom. The van der Waals surface area contributed by atoms with Crippen molar-refractivity contribution in [2.75, 3.05) is 31.1 Å². The Labute approximate surface area is 124 Å². The normalized spacial score (nSPS) is 13.1. The van der Waals surface area contributed by atoms with Gasteiger partial charge in [-0.25, -0.2) is 0 Å². The summed E-state index contributed by atoms with van der Waals surface area (Å²) in [6.07, 6.45) is 3.16. The molecule has 1 aromatic carbocycles. The lowest BCUT2D eigenvalue weighted by atomic mass is 10.1. The van der Waals surface area contributed by atoms with Crippen molar-refractivity contribution < 1.29 is 9.94 Å². The highest BCUT2D eigenvalue weighted by atomic mass is 32.2. The van der Waals surface area contributed by atoms with Crippen molar-refractivity contribution in [1.29, 1.82) is 0 Å². The molecular weight excluding hydrogens is 274 g/mol. The number of thioether (sulfide) groups is 1. The van der Waals surface area contributed by atoms with E-state index in [0.29, 0.717) is 11.6 Å². The average molecular weight is 297 g/mol. The number of nitrogens with two attached hydrogens (primary N) is 1. The Morgan fingerprint density at radius 3 is 2.80 bits per heavy atom. The monoisotopic (exact) mass is 297 g/mol. The van der Waals surface area contributed by atoms with E-state index in [2.05, 4.69) is 23.2 Å². The van der Waals surface area contributed by atoms with E-state index in [1.165, 1.54) is 0 Å². The fraction of sp³-hybridized carbons (Fsp3) is 0.500. The van der Waals surface area contributed by atoms with E-state index in [1.54, 1.807) is 19.2 Å². The molecule has 1 aromatic rings. The Kier molecular flexibility index (Phi) is 6.51. The number of nitrogens with zero attached hydrogens (tertiary/aromatic N) is 2. The van der Waals surface area contributed by atoms with Crippen LogP contribution in [0.1, 0.15) is 18.9 Å². The third-order valence-corrected chi connectivity index (χ3v) is 4.01. The molecule has 0 amide bonds. The molecule has 0 heterocycles. The molecule has 3 N–H and O–H groups in total. The number of methoxy groups -OCH3 is 1. The predicted octanol–water partition coefficient (Wildman–Crippen LogP) is 2.37. The summed E-state index contributed by atoms with van der Waals surface area (Å²) < 4.78 is 5.26. The van der Waals surface area contributed by atoms with Crippen LogP contribution < -0.4 is 15.4 Å². The second-order valence-corrected chi connectivity index (χ2v) is 5.60. The summed E-state index contributed by atoms with van der Waals surface area (Å²) in [5.74, 6) is 1.94. The summed E-state index contributed by atoms with van der Waals surface area (Å²) in [4.78, 5) is 2.13. The van der Waals surface area contributed by atoms with Crippen molar-refractivity contribution in [2.45, 2.75) is 19.4 Å². The molecule has 6 heteroatoms. The van der Waals surface area contributed by atoms with E-state index in [1.807, 2.05) is 24.9 Å². The van der Waals surface area contributed by atoms with Gasteiger partial charge in [0.05, 0.1) is 12.8 Å². The molecule has 1 unspecified atom stereocenters. The third-order valence-electron chi connectivity index (χ3n) is 3.37. The van der Waals surface area contributed by atoms with Crippen molar-refractivity contribution in [1.82, 2.24) is 0 Å². The molecule has 0 fully saturated rings. The van der Waals surface area contributed by atoms with Crippen LogP contribution >= 0.6 is 11.8 Å². The Balaban J connectivity index is 3.11. The van der Waals surface area contributed by atoms with Crippen molar-refractivity contribution in [3.63, 3.8) is 0 Å². The van der Waals surface area contributed by atoms with Crippen molar-refractivity contribution in [3.8, 4) is 5.75 Å². The van der Waals surface area contributed by atoms with Gasteiger partial charge in [-0.1, -0.05) is 5.16 Å². The fourth-order valence-corrected chi connectivity index (χ4v) is 2.50. The third kappa shape index (κ3) is 3.96. The number of oxime groups is 1. The largest absolute Gasteiger partial charge is 0.497 e. The SMILES string of the molecule is COc1ccc(/C(N)=N/O)c(N(C)C(C)CCSC)c1. The maximum Gasteiger partial charge on any atom is 0.172 e. The van der Waals surface area contributed by atoms with Gasteiger partial charge in [-0.05, 0) is 37.5 Å². The maximum atomic E-state index is 8.91. The van der Waals surface area contributed by atoms with Gasteiger partial charge >= 0.3 is 0 Å². The molecule has 0 aliphatic carbocycles. The zero-order valence-electron chi connectivity index (χ0n) is 12.5. The van der Waals surface area contributed by atoms with Crippen LogP contribution in [0.2, 0.25) is 0 Å². The van der Waals surface area contributed by atoms with E-state index in [0.717, 1.165) is 23.6 Å². The molecule has 1 rings (SSSR count). The highest BCUT2D eigenvalue weighted by Gasteiger charge is 2.16. The van der Waals surface area contributed by atoms with Gasteiger partial charge in [0.2, 0.25) is 0 Å². The zero-order chi connectivity index (χ0) is 15.1. The number of hydrogen-bond donors (Lipinski definition) is 2. The van der Waals surface area contributed by atoms with Gasteiger partial charge in [0.1, 0.15) is 5.75 Å². The standard InChI is InChI=1S/C14H23N3O2S/c1-10(7-8-20-4)17(2)13-9-11(19-3)5-6-12(13)14(15)16-18/h5-6,9-10,18H,7-8H2,1-4H3,(H2,15,16). The Hall–Kier alpha value is -1.56. The summed E-state index contributed by atoms with van der Waals surface area (Å²) in [6, 6.07) is 5.86. The van der Waals surface area contributed by atoms with Gasteiger partial charge in [-0.15, -0.1) is 0 Å². The van der Waals surface area contributed by atoms with Gasteiger partial charge in [0.25, 0.3) is 0 Å². The molecule has 0 bridgehead atoms. The molecule has 0 spiro atoms. The molecule has 0 aliphatic heterocycles. The predicted molar refractivity (Wildman–Crippen MR) is 86.4 cm³/mol. The summed E-state index contributed by atoms with van der Waals surface area (Å²) >= 11 is 1.83. The van der Waals surface area contributed by atoms with Crippen LogP contribution in [-0.4, -0.2) is 43.3 Å². The number of rotatable bonds is 7. The maximum absolute atomic E-state index is 8.91. The number of amidine groups is 1. The molecular formula is C14H23N3O2S. The molecule has 0 saturated heterocycles. The highest BCUT2D eigenvalue weighted by Crippen LogP contribution is 2.27. The fourth-order valence-electron chi connectivity index (χ4n) is 1.92. The van der Waals surface area contributed by atoms with Crippen LogP contribution in [0.5, 0.6) is 5.75 Å². The van der Waals surface area contributed by atoms with Crippen LogP contribution in [0.3, 0.4) is 0 Å². The van der Waals surface area contributed by atoms with Crippen molar-refractivity contribution >= 4 is 23.3 Å². The van der Waals surface area contributed by atoms with E-state index in [9.17, 15) is 0 Å². The summed E-state index contributed by atoms with van der Waals surface area (Å²) in [5, 5.41) is 12.0. The Morgan fingerprint density at radius 1 is 1.55 bits per heavy atom. The summed E-state index contributed by atoms with van der Waals surface area (Å²) in [5.41, 5.74) is 7.35. The smallest absolute Gasteiger partial charge is 0.172 e. The molecule has 5 nitrogen and oxygen atoms in total. The second kappa shape index (κ2) is 7.89. The van der Waals surface area contributed by atoms with Crippen molar-refractivity contribution in [3.05, 3.63) is 23.8 Å². The van der Waals surface area contributed by atoms with Crippen molar-refractivity contribution in [2.24, 2.45) is 10.9 Å². The molecule has 1 atom stereocenters. The number of ether oxygens (including phenoxy) is 1. The lowest BCUT2D eigenvalue weighted by molar-refractivity contribution is 0.318. The van der Waals surface area contributed by atoms with Gasteiger partial charge in [-0.2, -0.15) is 11.8 Å². The summed E-state index contributed by atoms with van der Waals surface area (Å²) in [7, 11) is 3.63. The lowest BCUT2D eigenvalue weighted by Gasteiger charge is -2.29. The number of hydrogen-bond acceptors (Lipinski definition) is 5. The first kappa shape index (κ1) is 16.5. The molecule has 20 heavy (non-hydrogen) atoms. The quantitative estimate of drug-likeness (QED) is 0.350. The van der Waals surface area contributed by atoms with Crippen LogP contribution in [0.4, 0.5) is 5.69 Å². The first-order valence-corrected chi connectivity index (χ1v) is 7.82. The van der Waals surface area contributed by atoms with E-state index in [4.69, 9.17) is 15.7 Å². The molecule has 0 aliphatic rings. The molecule has 0 radical (unpaired) electrons. The average Bonchev–Trinajstić information content (AvgIpc) is 2.50. The van der Waals surface area contributed by atoms with Crippen LogP contribution in [0.25, 0.3) is 0 Å². The van der Waals surface area contributed by atoms with Crippen LogP contribution in [0.15, 0.2) is 23.4 Å². The molecule has 112 valence electrons. The van der Waals surface area contributed by atoms with Crippen LogP contribution in [-0.2, 0) is 0 Å². The van der Waals surface area contributed by atoms with E-state index < -0.39 is 0 Å². The molecule has 0 aromatic heterocycles. The minimum absolute atomic E-state index is 0.103.